The van der Waals surface area contributed by atoms with Crippen LogP contribution in [-0.2, 0) is 0 Å². The number of para-hydroxylation sites is 2. The van der Waals surface area contributed by atoms with E-state index in [0.717, 1.165) is 44.5 Å². The Morgan fingerprint density at radius 3 is 1.56 bits per heavy atom. The minimum absolute atomic E-state index is 0.630. The first-order chi connectivity index (χ1) is 27.3. The van der Waals surface area contributed by atoms with E-state index in [-0.39, 0.29) is 0 Å². The molecule has 0 fully saturated rings. The Balaban J connectivity index is 1.06. The SMILES string of the molecule is c1ccc(-c2ccc(-c3nc(-c4cccc(-c5ccc6c(c5)c5cccc7c8ccccc8n6c75)c4)nc(-c4ccccc4-c4ccccc4)n3)cc2)cc1. The summed E-state index contributed by atoms with van der Waals surface area (Å²) >= 11 is 0. The molecule has 4 heteroatoms. The number of aromatic nitrogens is 4. The van der Waals surface area contributed by atoms with Gasteiger partial charge in [-0.05, 0) is 57.6 Å². The Morgan fingerprint density at radius 2 is 0.764 bits per heavy atom. The van der Waals surface area contributed by atoms with Crippen molar-refractivity contribution in [1.82, 2.24) is 19.4 Å². The van der Waals surface area contributed by atoms with E-state index in [1.807, 2.05) is 18.2 Å². The molecule has 0 atom stereocenters. The second-order valence-corrected chi connectivity index (χ2v) is 14.0. The average molecular weight is 701 g/mol. The highest BCUT2D eigenvalue weighted by molar-refractivity contribution is 6.23. The Kier molecular flexibility index (Phi) is 7.14. The van der Waals surface area contributed by atoms with Gasteiger partial charge in [0, 0.05) is 38.2 Å². The summed E-state index contributed by atoms with van der Waals surface area (Å²) in [5.41, 5.74) is 13.3. The summed E-state index contributed by atoms with van der Waals surface area (Å²) in [6.07, 6.45) is 0. The van der Waals surface area contributed by atoms with Crippen LogP contribution in [-0.4, -0.2) is 19.4 Å². The Hall–Kier alpha value is -7.43. The quantitative estimate of drug-likeness (QED) is 0.173. The smallest absolute Gasteiger partial charge is 0.164 e. The van der Waals surface area contributed by atoms with Gasteiger partial charge in [0.1, 0.15) is 0 Å². The number of fused-ring (bicyclic) bond motifs is 6. The first-order valence-corrected chi connectivity index (χ1v) is 18.6. The molecule has 11 aromatic rings. The summed E-state index contributed by atoms with van der Waals surface area (Å²) in [5, 5.41) is 5.09. The van der Waals surface area contributed by atoms with Gasteiger partial charge in [0.25, 0.3) is 0 Å². The normalized spacial score (nSPS) is 11.6. The summed E-state index contributed by atoms with van der Waals surface area (Å²) in [5.74, 6) is 1.90. The highest BCUT2D eigenvalue weighted by atomic mass is 15.0. The van der Waals surface area contributed by atoms with E-state index in [9.17, 15) is 0 Å². The van der Waals surface area contributed by atoms with Crippen LogP contribution in [0.1, 0.15) is 0 Å². The third kappa shape index (κ3) is 5.19. The number of hydrogen-bond acceptors (Lipinski definition) is 3. The van der Waals surface area contributed by atoms with Gasteiger partial charge in [0.2, 0.25) is 0 Å². The number of rotatable bonds is 6. The van der Waals surface area contributed by atoms with Gasteiger partial charge in [-0.25, -0.2) is 15.0 Å². The first kappa shape index (κ1) is 31.1. The molecule has 256 valence electrons. The molecule has 0 bridgehead atoms. The molecule has 0 N–H and O–H groups in total. The van der Waals surface area contributed by atoms with Crippen LogP contribution in [0, 0.1) is 0 Å². The molecule has 0 aliphatic heterocycles. The van der Waals surface area contributed by atoms with E-state index < -0.39 is 0 Å². The fourth-order valence-corrected chi connectivity index (χ4v) is 8.19. The highest BCUT2D eigenvalue weighted by Gasteiger charge is 2.19. The van der Waals surface area contributed by atoms with Gasteiger partial charge in [0.05, 0.1) is 16.6 Å². The molecule has 3 heterocycles. The predicted molar refractivity (Wildman–Crippen MR) is 227 cm³/mol. The predicted octanol–water partition coefficient (Wildman–Crippen LogP) is 13.0. The van der Waals surface area contributed by atoms with Crippen LogP contribution in [0.3, 0.4) is 0 Å². The van der Waals surface area contributed by atoms with Gasteiger partial charge in [-0.3, -0.25) is 0 Å². The zero-order chi connectivity index (χ0) is 36.3. The van der Waals surface area contributed by atoms with Gasteiger partial charge >= 0.3 is 0 Å². The van der Waals surface area contributed by atoms with Crippen LogP contribution in [0.2, 0.25) is 0 Å². The van der Waals surface area contributed by atoms with Crippen LogP contribution >= 0.6 is 0 Å². The van der Waals surface area contributed by atoms with Crippen molar-refractivity contribution in [2.75, 3.05) is 0 Å². The summed E-state index contributed by atoms with van der Waals surface area (Å²) in [6, 6.07) is 68.5. The fraction of sp³-hybridized carbons (Fsp3) is 0. The molecule has 0 spiro atoms. The Morgan fingerprint density at radius 1 is 0.273 bits per heavy atom. The Bertz CT molecular complexity index is 3180. The monoisotopic (exact) mass is 700 g/mol. The molecule has 8 aromatic carbocycles. The van der Waals surface area contributed by atoms with Crippen molar-refractivity contribution < 1.29 is 0 Å². The molecule has 0 amide bonds. The topological polar surface area (TPSA) is 43.1 Å². The van der Waals surface area contributed by atoms with E-state index in [4.69, 9.17) is 15.0 Å². The van der Waals surface area contributed by atoms with Crippen molar-refractivity contribution in [3.63, 3.8) is 0 Å². The van der Waals surface area contributed by atoms with Crippen LogP contribution in [0.25, 0.3) is 106 Å². The van der Waals surface area contributed by atoms with Gasteiger partial charge in [-0.15, -0.1) is 0 Å². The van der Waals surface area contributed by atoms with Crippen molar-refractivity contribution in [2.45, 2.75) is 0 Å². The lowest BCUT2D eigenvalue weighted by atomic mass is 9.98. The maximum Gasteiger partial charge on any atom is 0.164 e. The fourth-order valence-electron chi connectivity index (χ4n) is 8.19. The summed E-state index contributed by atoms with van der Waals surface area (Å²) < 4.78 is 2.42. The van der Waals surface area contributed by atoms with Crippen molar-refractivity contribution in [3.05, 3.63) is 194 Å². The maximum atomic E-state index is 5.19. The van der Waals surface area contributed by atoms with Gasteiger partial charge in [-0.1, -0.05) is 170 Å². The second kappa shape index (κ2) is 12.6. The lowest BCUT2D eigenvalue weighted by molar-refractivity contribution is 1.07. The minimum Gasteiger partial charge on any atom is -0.308 e. The van der Waals surface area contributed by atoms with E-state index in [1.165, 1.54) is 43.7 Å². The van der Waals surface area contributed by atoms with Crippen molar-refractivity contribution in [3.8, 4) is 67.5 Å². The van der Waals surface area contributed by atoms with Gasteiger partial charge < -0.3 is 4.40 Å². The summed E-state index contributed by atoms with van der Waals surface area (Å²) in [6.45, 7) is 0. The number of benzene rings is 8. The Labute approximate surface area is 318 Å². The van der Waals surface area contributed by atoms with Crippen LogP contribution in [0.4, 0.5) is 0 Å². The molecule has 4 nitrogen and oxygen atoms in total. The molecule has 0 unspecified atom stereocenters. The zero-order valence-corrected chi connectivity index (χ0v) is 29.8. The maximum absolute atomic E-state index is 5.19. The average Bonchev–Trinajstić information content (AvgIpc) is 3.79. The standard InChI is InChI=1S/C51H32N4/c1-3-13-33(14-4-1)34-25-27-36(28-26-34)49-52-50(54-51(53-49)44-21-8-7-19-40(44)35-15-5-2-6-16-35)39-18-11-17-37(31-39)38-29-30-47-45(32-38)43-23-12-22-42-41-20-9-10-24-46(41)55(47)48(42)43/h1-32H. The van der Waals surface area contributed by atoms with Crippen LogP contribution < -0.4 is 0 Å². The molecule has 3 aromatic heterocycles. The van der Waals surface area contributed by atoms with Crippen LogP contribution in [0.15, 0.2) is 194 Å². The number of hydrogen-bond donors (Lipinski definition) is 0. The lowest BCUT2D eigenvalue weighted by Gasteiger charge is -2.13. The first-order valence-electron chi connectivity index (χ1n) is 18.6. The largest absolute Gasteiger partial charge is 0.308 e. The lowest BCUT2D eigenvalue weighted by Crippen LogP contribution is -2.01. The van der Waals surface area contributed by atoms with Crippen molar-refractivity contribution in [2.24, 2.45) is 0 Å². The van der Waals surface area contributed by atoms with E-state index in [1.54, 1.807) is 0 Å². The van der Waals surface area contributed by atoms with E-state index in [0.29, 0.717) is 17.5 Å². The molecule has 0 saturated carbocycles. The van der Waals surface area contributed by atoms with Crippen molar-refractivity contribution in [1.29, 1.82) is 0 Å². The summed E-state index contributed by atoms with van der Waals surface area (Å²) in [4.78, 5) is 15.5. The van der Waals surface area contributed by atoms with Crippen LogP contribution in [0.5, 0.6) is 0 Å². The third-order valence-electron chi connectivity index (χ3n) is 10.8. The zero-order valence-electron chi connectivity index (χ0n) is 29.8. The molecule has 0 radical (unpaired) electrons. The molecular weight excluding hydrogens is 669 g/mol. The molecule has 0 aliphatic rings. The molecule has 11 rings (SSSR count). The second-order valence-electron chi connectivity index (χ2n) is 14.0. The van der Waals surface area contributed by atoms with Gasteiger partial charge in [-0.2, -0.15) is 0 Å². The molecule has 0 saturated heterocycles. The highest BCUT2D eigenvalue weighted by Crippen LogP contribution is 2.41. The molecule has 0 aliphatic carbocycles. The van der Waals surface area contributed by atoms with E-state index >= 15 is 0 Å². The molecule has 55 heavy (non-hydrogen) atoms. The van der Waals surface area contributed by atoms with E-state index in [2.05, 4.69) is 180 Å². The summed E-state index contributed by atoms with van der Waals surface area (Å²) in [7, 11) is 0. The third-order valence-corrected chi connectivity index (χ3v) is 10.8. The van der Waals surface area contributed by atoms with Crippen molar-refractivity contribution >= 4 is 38.1 Å². The number of nitrogens with zero attached hydrogens (tertiary/aromatic N) is 4. The van der Waals surface area contributed by atoms with Gasteiger partial charge in [0.15, 0.2) is 17.5 Å². The minimum atomic E-state index is 0.630. The molecular formula is C51H32N4.